The summed E-state index contributed by atoms with van der Waals surface area (Å²) in [7, 11) is 0. The van der Waals surface area contributed by atoms with E-state index in [2.05, 4.69) is 24.3 Å². The molecule has 4 bridgehead atoms. The van der Waals surface area contributed by atoms with Gasteiger partial charge in [-0.3, -0.25) is 9.59 Å². The zero-order valence-corrected chi connectivity index (χ0v) is 20.4. The van der Waals surface area contributed by atoms with Gasteiger partial charge in [0.05, 0.1) is 25.0 Å². The first-order valence-corrected chi connectivity index (χ1v) is 14.8. The lowest BCUT2D eigenvalue weighted by atomic mass is 9.94. The van der Waals surface area contributed by atoms with Crippen LogP contribution in [0.25, 0.3) is 0 Å². The topological polar surface area (TPSA) is 88.1 Å². The molecule has 4 aliphatic carbocycles. The summed E-state index contributed by atoms with van der Waals surface area (Å²) in [5, 5.41) is 0. The quantitative estimate of drug-likeness (QED) is 0.222. The van der Waals surface area contributed by atoms with Gasteiger partial charge in [0.1, 0.15) is 12.7 Å². The molecular weight excluding hydrogens is 451 g/mol. The van der Waals surface area contributed by atoms with E-state index in [-0.39, 0.29) is 61.2 Å². The summed E-state index contributed by atoms with van der Waals surface area (Å²) < 4.78 is 34.9. The minimum atomic E-state index is -3.37. The molecular formula is C23H33O7PS. The Hall–Kier alpha value is -1.08. The highest BCUT2D eigenvalue weighted by Crippen LogP contribution is 2.60. The van der Waals surface area contributed by atoms with E-state index < -0.39 is 12.9 Å². The van der Waals surface area contributed by atoms with Crippen molar-refractivity contribution in [2.75, 3.05) is 25.6 Å². The Morgan fingerprint density at radius 2 is 1.47 bits per heavy atom. The van der Waals surface area contributed by atoms with Gasteiger partial charge in [-0.15, -0.1) is 0 Å². The zero-order valence-electron chi connectivity index (χ0n) is 18.7. The molecule has 6 unspecified atom stereocenters. The molecule has 7 nitrogen and oxygen atoms in total. The molecule has 4 rings (SSSR count). The van der Waals surface area contributed by atoms with Gasteiger partial charge in [0.15, 0.2) is 0 Å². The van der Waals surface area contributed by atoms with Crippen LogP contribution in [0.3, 0.4) is 0 Å². The van der Waals surface area contributed by atoms with Crippen molar-refractivity contribution in [2.24, 2.45) is 35.5 Å². The van der Waals surface area contributed by atoms with Crippen molar-refractivity contribution in [3.05, 3.63) is 24.3 Å². The molecule has 178 valence electrons. The summed E-state index contributed by atoms with van der Waals surface area (Å²) in [5.74, 6) is 0.770. The van der Waals surface area contributed by atoms with Crippen molar-refractivity contribution in [3.63, 3.8) is 0 Å². The molecule has 32 heavy (non-hydrogen) atoms. The van der Waals surface area contributed by atoms with E-state index in [1.807, 2.05) is 0 Å². The van der Waals surface area contributed by atoms with Gasteiger partial charge in [0.2, 0.25) is 0 Å². The Kier molecular flexibility index (Phi) is 7.86. The Bertz CT molecular complexity index is 802. The van der Waals surface area contributed by atoms with Crippen LogP contribution in [-0.2, 0) is 32.7 Å². The number of hydrogen-bond donors (Lipinski definition) is 0. The molecule has 0 aromatic rings. The maximum atomic E-state index is 12.9. The molecule has 7 atom stereocenters. The monoisotopic (exact) mass is 484 g/mol. The molecule has 0 amide bonds. The summed E-state index contributed by atoms with van der Waals surface area (Å²) >= 11 is 0.994. The summed E-state index contributed by atoms with van der Waals surface area (Å²) in [4.78, 5) is 25.6. The molecule has 0 aromatic heterocycles. The summed E-state index contributed by atoms with van der Waals surface area (Å²) in [6, 6.07) is 0. The molecule has 2 saturated carbocycles. The van der Waals surface area contributed by atoms with Crippen LogP contribution in [0, 0.1) is 35.5 Å². The number of carbonyl (C=O) groups excluding carboxylic acids is 2. The fraction of sp³-hybridized carbons (Fsp3) is 0.739. The third-order valence-corrected chi connectivity index (χ3v) is 10.9. The van der Waals surface area contributed by atoms with Crippen LogP contribution in [-0.4, -0.2) is 43.6 Å². The molecule has 0 spiro atoms. The molecule has 0 aromatic carbocycles. The van der Waals surface area contributed by atoms with E-state index in [0.717, 1.165) is 37.1 Å². The van der Waals surface area contributed by atoms with E-state index in [0.29, 0.717) is 11.8 Å². The molecule has 4 aliphatic rings. The number of ether oxygens (including phenoxy) is 2. The number of carbonyl (C=O) groups is 2. The minimum absolute atomic E-state index is 0.0515. The van der Waals surface area contributed by atoms with Crippen LogP contribution >= 0.6 is 18.2 Å². The Labute approximate surface area is 193 Å². The number of rotatable bonds is 12. The van der Waals surface area contributed by atoms with E-state index >= 15 is 0 Å². The SMILES string of the molecule is CCOP(=O)(OCC)SCC(COC(=O)C1CC2C=CC1C2)OC(=O)[C@@H]1CC2C=CC1C2. The second kappa shape index (κ2) is 10.5. The first-order chi connectivity index (χ1) is 15.4. The maximum Gasteiger partial charge on any atom is 0.389 e. The van der Waals surface area contributed by atoms with Crippen molar-refractivity contribution >= 4 is 30.1 Å². The average molecular weight is 485 g/mol. The fourth-order valence-corrected chi connectivity index (χ4v) is 8.85. The first-order valence-electron chi connectivity index (χ1n) is 11.7. The van der Waals surface area contributed by atoms with Crippen LogP contribution in [0.2, 0.25) is 0 Å². The van der Waals surface area contributed by atoms with Gasteiger partial charge in [-0.2, -0.15) is 0 Å². The van der Waals surface area contributed by atoms with Crippen LogP contribution in [0.5, 0.6) is 0 Å². The molecule has 0 saturated heterocycles. The highest BCUT2D eigenvalue weighted by molar-refractivity contribution is 8.55. The normalized spacial score (nSPS) is 33.1. The van der Waals surface area contributed by atoms with Crippen LogP contribution < -0.4 is 0 Å². The predicted molar refractivity (Wildman–Crippen MR) is 122 cm³/mol. The van der Waals surface area contributed by atoms with Gasteiger partial charge in [0, 0.05) is 5.75 Å². The van der Waals surface area contributed by atoms with Crippen molar-refractivity contribution in [2.45, 2.75) is 45.6 Å². The Balaban J connectivity index is 1.35. The number of fused-ring (bicyclic) bond motifs is 4. The van der Waals surface area contributed by atoms with Gasteiger partial charge in [-0.1, -0.05) is 24.3 Å². The van der Waals surface area contributed by atoms with Crippen LogP contribution in [0.15, 0.2) is 24.3 Å². The van der Waals surface area contributed by atoms with E-state index in [4.69, 9.17) is 18.5 Å². The zero-order chi connectivity index (χ0) is 22.7. The van der Waals surface area contributed by atoms with Crippen LogP contribution in [0.1, 0.15) is 39.5 Å². The van der Waals surface area contributed by atoms with E-state index in [1.165, 1.54) is 0 Å². The van der Waals surface area contributed by atoms with Crippen LogP contribution in [0.4, 0.5) is 0 Å². The van der Waals surface area contributed by atoms with Crippen molar-refractivity contribution in [3.8, 4) is 0 Å². The standard InChI is InChI=1S/C23H33O7PS/c1-3-28-31(26,29-4-2)32-14-19(30-23(25)21-12-16-6-8-18(21)10-16)13-27-22(24)20-11-15-5-7-17(20)9-15/h5-8,15-21H,3-4,9-14H2,1-2H3/t15?,16?,17?,18?,19?,20?,21-/m1/s1. The Morgan fingerprint density at radius 3 is 1.94 bits per heavy atom. The number of hydrogen-bond acceptors (Lipinski definition) is 8. The van der Waals surface area contributed by atoms with Crippen molar-refractivity contribution in [1.82, 2.24) is 0 Å². The van der Waals surface area contributed by atoms with Gasteiger partial charge in [-0.25, -0.2) is 4.57 Å². The van der Waals surface area contributed by atoms with Gasteiger partial charge < -0.3 is 18.5 Å². The molecule has 0 heterocycles. The smallest absolute Gasteiger partial charge is 0.389 e. The molecule has 0 radical (unpaired) electrons. The molecule has 0 N–H and O–H groups in total. The maximum absolute atomic E-state index is 12.9. The minimum Gasteiger partial charge on any atom is -0.461 e. The lowest BCUT2D eigenvalue weighted by Gasteiger charge is -2.25. The lowest BCUT2D eigenvalue weighted by Crippen LogP contribution is -2.33. The highest BCUT2D eigenvalue weighted by atomic mass is 32.7. The average Bonchev–Trinajstić information content (AvgIpc) is 3.57. The van der Waals surface area contributed by atoms with E-state index in [1.54, 1.807) is 13.8 Å². The third kappa shape index (κ3) is 5.52. The van der Waals surface area contributed by atoms with Gasteiger partial charge in [-0.05, 0) is 74.6 Å². The fourth-order valence-electron chi connectivity index (χ4n) is 5.36. The largest absolute Gasteiger partial charge is 0.461 e. The molecule has 2 fully saturated rings. The number of allylic oxidation sites excluding steroid dienone is 4. The summed E-state index contributed by atoms with van der Waals surface area (Å²) in [6.07, 6.45) is 11.5. The second-order valence-electron chi connectivity index (χ2n) is 9.04. The molecule has 9 heteroatoms. The van der Waals surface area contributed by atoms with Gasteiger partial charge in [0.25, 0.3) is 0 Å². The van der Waals surface area contributed by atoms with E-state index in [9.17, 15) is 14.2 Å². The Morgan fingerprint density at radius 1 is 0.906 bits per heavy atom. The number of esters is 2. The second-order valence-corrected chi connectivity index (χ2v) is 13.2. The first kappa shape index (κ1) is 24.1. The molecule has 0 aliphatic heterocycles. The van der Waals surface area contributed by atoms with Crippen molar-refractivity contribution in [1.29, 1.82) is 0 Å². The van der Waals surface area contributed by atoms with Gasteiger partial charge >= 0.3 is 18.7 Å². The third-order valence-electron chi connectivity index (χ3n) is 6.85. The summed E-state index contributed by atoms with van der Waals surface area (Å²) in [5.41, 5.74) is 0. The highest BCUT2D eigenvalue weighted by Gasteiger charge is 2.43. The predicted octanol–water partition coefficient (Wildman–Crippen LogP) is 4.78. The van der Waals surface area contributed by atoms with Crippen molar-refractivity contribution < 1.29 is 32.7 Å². The summed E-state index contributed by atoms with van der Waals surface area (Å²) in [6.45, 7) is 0.577. The lowest BCUT2D eigenvalue weighted by molar-refractivity contribution is -0.163.